The summed E-state index contributed by atoms with van der Waals surface area (Å²) >= 11 is 0. The van der Waals surface area contributed by atoms with E-state index >= 15 is 0 Å². The molecule has 4 aromatic rings. The molecule has 22 heavy (non-hydrogen) atoms. The minimum absolute atomic E-state index is 0.172. The summed E-state index contributed by atoms with van der Waals surface area (Å²) in [6.07, 6.45) is 6.73. The Balaban J connectivity index is 1.60. The van der Waals surface area contributed by atoms with Gasteiger partial charge in [-0.3, -0.25) is 4.79 Å². The number of hydrogen-bond donors (Lipinski definition) is 1. The topological polar surface area (TPSA) is 81.5 Å². The molecule has 0 aliphatic heterocycles. The summed E-state index contributed by atoms with van der Waals surface area (Å²) in [6, 6.07) is 5.66. The van der Waals surface area contributed by atoms with Crippen LogP contribution in [0.3, 0.4) is 0 Å². The SMILES string of the molecule is Cn1ccn2ncc(C(=O)NCc3cccc4ncnn34)c12. The lowest BCUT2D eigenvalue weighted by Gasteiger charge is -2.06. The summed E-state index contributed by atoms with van der Waals surface area (Å²) < 4.78 is 5.24. The summed E-state index contributed by atoms with van der Waals surface area (Å²) in [5, 5.41) is 11.2. The second-order valence-corrected chi connectivity index (χ2v) is 4.97. The number of aryl methyl sites for hydroxylation is 1. The molecule has 8 heteroatoms. The molecular weight excluding hydrogens is 282 g/mol. The second kappa shape index (κ2) is 4.69. The van der Waals surface area contributed by atoms with Gasteiger partial charge in [-0.05, 0) is 12.1 Å². The van der Waals surface area contributed by atoms with Crippen molar-refractivity contribution in [3.8, 4) is 0 Å². The maximum absolute atomic E-state index is 12.4. The van der Waals surface area contributed by atoms with Crippen LogP contribution < -0.4 is 5.32 Å². The molecule has 0 aromatic carbocycles. The third-order valence-corrected chi connectivity index (χ3v) is 3.59. The summed E-state index contributed by atoms with van der Waals surface area (Å²) in [5.41, 5.74) is 2.91. The quantitative estimate of drug-likeness (QED) is 0.601. The molecule has 0 aliphatic carbocycles. The summed E-state index contributed by atoms with van der Waals surface area (Å²) in [6.45, 7) is 0.362. The molecule has 0 saturated heterocycles. The van der Waals surface area contributed by atoms with Crippen LogP contribution in [0.4, 0.5) is 0 Å². The number of fused-ring (bicyclic) bond motifs is 2. The van der Waals surface area contributed by atoms with Crippen LogP contribution in [0.1, 0.15) is 16.1 Å². The summed E-state index contributed by atoms with van der Waals surface area (Å²) in [4.78, 5) is 16.5. The van der Waals surface area contributed by atoms with Crippen molar-refractivity contribution >= 4 is 17.2 Å². The molecule has 0 fully saturated rings. The summed E-state index contributed by atoms with van der Waals surface area (Å²) in [7, 11) is 1.88. The minimum atomic E-state index is -0.172. The minimum Gasteiger partial charge on any atom is -0.346 e. The van der Waals surface area contributed by atoms with Crippen LogP contribution in [-0.2, 0) is 13.6 Å². The third-order valence-electron chi connectivity index (χ3n) is 3.59. The number of nitrogens with zero attached hydrogens (tertiary/aromatic N) is 6. The van der Waals surface area contributed by atoms with Crippen molar-refractivity contribution in [2.45, 2.75) is 6.54 Å². The van der Waals surface area contributed by atoms with Crippen molar-refractivity contribution in [2.75, 3.05) is 0 Å². The Morgan fingerprint density at radius 3 is 3.09 bits per heavy atom. The first-order valence-corrected chi connectivity index (χ1v) is 6.78. The standard InChI is InChI=1S/C14H13N7O/c1-19-5-6-20-14(19)11(8-17-20)13(22)15-7-10-3-2-4-12-16-9-18-21(10)12/h2-6,8-9H,7H2,1H3,(H,15,22). The van der Waals surface area contributed by atoms with E-state index in [0.29, 0.717) is 12.1 Å². The predicted octanol–water partition coefficient (Wildman–Crippen LogP) is 0.645. The fourth-order valence-corrected chi connectivity index (χ4v) is 2.51. The van der Waals surface area contributed by atoms with Crippen molar-refractivity contribution < 1.29 is 4.79 Å². The van der Waals surface area contributed by atoms with Crippen LogP contribution in [0, 0.1) is 0 Å². The maximum Gasteiger partial charge on any atom is 0.257 e. The van der Waals surface area contributed by atoms with Crippen molar-refractivity contribution in [1.29, 1.82) is 0 Å². The third kappa shape index (κ3) is 1.85. The van der Waals surface area contributed by atoms with Gasteiger partial charge in [0.1, 0.15) is 17.5 Å². The van der Waals surface area contributed by atoms with Gasteiger partial charge in [0.25, 0.3) is 5.91 Å². The van der Waals surface area contributed by atoms with E-state index in [1.807, 2.05) is 42.2 Å². The molecule has 110 valence electrons. The first kappa shape index (κ1) is 12.6. The highest BCUT2D eigenvalue weighted by atomic mass is 16.1. The van der Waals surface area contributed by atoms with Gasteiger partial charge >= 0.3 is 0 Å². The van der Waals surface area contributed by atoms with E-state index < -0.39 is 0 Å². The van der Waals surface area contributed by atoms with E-state index in [0.717, 1.165) is 17.0 Å². The molecule has 0 spiro atoms. The fraction of sp³-hybridized carbons (Fsp3) is 0.143. The molecule has 0 unspecified atom stereocenters. The number of imidazole rings is 1. The zero-order chi connectivity index (χ0) is 15.1. The Kier molecular flexibility index (Phi) is 2.68. The van der Waals surface area contributed by atoms with Gasteiger partial charge in [0, 0.05) is 19.4 Å². The molecule has 4 heterocycles. The van der Waals surface area contributed by atoms with Gasteiger partial charge in [0.05, 0.1) is 18.4 Å². The Morgan fingerprint density at radius 2 is 2.18 bits per heavy atom. The van der Waals surface area contributed by atoms with Crippen molar-refractivity contribution in [3.05, 3.63) is 54.4 Å². The normalized spacial score (nSPS) is 11.3. The first-order chi connectivity index (χ1) is 10.7. The predicted molar refractivity (Wildman–Crippen MR) is 78.3 cm³/mol. The first-order valence-electron chi connectivity index (χ1n) is 6.78. The van der Waals surface area contributed by atoms with Gasteiger partial charge in [0.2, 0.25) is 0 Å². The highest BCUT2D eigenvalue weighted by Gasteiger charge is 2.15. The molecule has 8 nitrogen and oxygen atoms in total. The smallest absolute Gasteiger partial charge is 0.257 e. The highest BCUT2D eigenvalue weighted by molar-refractivity contribution is 5.99. The van der Waals surface area contributed by atoms with E-state index in [1.165, 1.54) is 6.33 Å². The average molecular weight is 295 g/mol. The molecule has 0 radical (unpaired) electrons. The summed E-state index contributed by atoms with van der Waals surface area (Å²) in [5.74, 6) is -0.172. The van der Waals surface area contributed by atoms with E-state index in [-0.39, 0.29) is 5.91 Å². The molecule has 4 aromatic heterocycles. The van der Waals surface area contributed by atoms with Gasteiger partial charge in [-0.1, -0.05) is 6.07 Å². The maximum atomic E-state index is 12.4. The largest absolute Gasteiger partial charge is 0.346 e. The van der Waals surface area contributed by atoms with Crippen LogP contribution in [0.25, 0.3) is 11.3 Å². The van der Waals surface area contributed by atoms with Gasteiger partial charge in [-0.25, -0.2) is 14.0 Å². The Bertz CT molecular complexity index is 977. The van der Waals surface area contributed by atoms with Gasteiger partial charge in [0.15, 0.2) is 5.65 Å². The highest BCUT2D eigenvalue weighted by Crippen LogP contribution is 2.11. The van der Waals surface area contributed by atoms with E-state index in [2.05, 4.69) is 20.5 Å². The number of hydrogen-bond acceptors (Lipinski definition) is 4. The van der Waals surface area contributed by atoms with Gasteiger partial charge in [-0.2, -0.15) is 10.2 Å². The van der Waals surface area contributed by atoms with E-state index in [9.17, 15) is 4.79 Å². The van der Waals surface area contributed by atoms with Crippen LogP contribution in [0.5, 0.6) is 0 Å². The zero-order valence-electron chi connectivity index (χ0n) is 11.8. The van der Waals surface area contributed by atoms with Crippen LogP contribution in [-0.4, -0.2) is 34.7 Å². The van der Waals surface area contributed by atoms with E-state index in [4.69, 9.17) is 0 Å². The molecule has 1 N–H and O–H groups in total. The lowest BCUT2D eigenvalue weighted by Crippen LogP contribution is -2.24. The number of amides is 1. The number of carbonyl (C=O) groups is 1. The molecule has 0 bridgehead atoms. The fourth-order valence-electron chi connectivity index (χ4n) is 2.51. The van der Waals surface area contributed by atoms with Crippen molar-refractivity contribution in [2.24, 2.45) is 7.05 Å². The Morgan fingerprint density at radius 1 is 1.27 bits per heavy atom. The second-order valence-electron chi connectivity index (χ2n) is 4.97. The molecular formula is C14H13N7O. The van der Waals surface area contributed by atoms with Gasteiger partial charge < -0.3 is 9.88 Å². The molecule has 0 atom stereocenters. The monoisotopic (exact) mass is 295 g/mol. The van der Waals surface area contributed by atoms with Crippen LogP contribution in [0.15, 0.2) is 43.1 Å². The van der Waals surface area contributed by atoms with Gasteiger partial charge in [-0.15, -0.1) is 0 Å². The zero-order valence-corrected chi connectivity index (χ0v) is 11.8. The van der Waals surface area contributed by atoms with E-state index in [1.54, 1.807) is 15.2 Å². The number of nitrogens with one attached hydrogen (secondary N) is 1. The number of carbonyl (C=O) groups excluding carboxylic acids is 1. The van der Waals surface area contributed by atoms with Crippen molar-refractivity contribution in [1.82, 2.24) is 34.1 Å². The molecule has 1 amide bonds. The number of pyridine rings is 1. The molecule has 0 aliphatic rings. The van der Waals surface area contributed by atoms with Crippen LogP contribution in [0.2, 0.25) is 0 Å². The molecule has 4 rings (SSSR count). The Hall–Kier alpha value is -3.16. The lowest BCUT2D eigenvalue weighted by molar-refractivity contribution is 0.0951. The number of aromatic nitrogens is 6. The Labute approximate surface area is 125 Å². The number of rotatable bonds is 3. The average Bonchev–Trinajstić information content (AvgIpc) is 3.22. The molecule has 0 saturated carbocycles. The van der Waals surface area contributed by atoms with Crippen molar-refractivity contribution in [3.63, 3.8) is 0 Å². The van der Waals surface area contributed by atoms with Crippen LogP contribution >= 0.6 is 0 Å². The lowest BCUT2D eigenvalue weighted by atomic mass is 10.3.